The Morgan fingerprint density at radius 1 is 1.37 bits per heavy atom. The van der Waals surface area contributed by atoms with E-state index in [1.165, 1.54) is 0 Å². The van der Waals surface area contributed by atoms with Crippen LogP contribution >= 0.6 is 0 Å². The predicted molar refractivity (Wildman–Crippen MR) is 76.3 cm³/mol. The molecule has 0 fully saturated rings. The molecule has 102 valence electrons. The van der Waals surface area contributed by atoms with E-state index < -0.39 is 0 Å². The number of hydrogen-bond donors (Lipinski definition) is 1. The summed E-state index contributed by atoms with van der Waals surface area (Å²) in [5.41, 5.74) is 2.91. The fraction of sp³-hybridized carbons (Fsp3) is 0.467. The Morgan fingerprint density at radius 2 is 2.11 bits per heavy atom. The second kappa shape index (κ2) is 5.43. The van der Waals surface area contributed by atoms with Gasteiger partial charge in [0.2, 0.25) is 11.8 Å². The van der Waals surface area contributed by atoms with Crippen molar-refractivity contribution in [2.24, 2.45) is 5.92 Å². The number of fused-ring (bicyclic) bond motifs is 1. The molecule has 0 bridgehead atoms. The molecule has 0 aliphatic carbocycles. The third-order valence-corrected chi connectivity index (χ3v) is 3.39. The molecule has 1 aliphatic rings. The van der Waals surface area contributed by atoms with Crippen molar-refractivity contribution in [2.45, 2.75) is 33.6 Å². The van der Waals surface area contributed by atoms with Crippen molar-refractivity contribution in [3.8, 4) is 0 Å². The summed E-state index contributed by atoms with van der Waals surface area (Å²) in [7, 11) is 0. The number of carbonyl (C=O) groups is 2. The van der Waals surface area contributed by atoms with Crippen LogP contribution in [0.1, 0.15) is 32.8 Å². The molecule has 19 heavy (non-hydrogen) atoms. The first-order chi connectivity index (χ1) is 9.02. The van der Waals surface area contributed by atoms with E-state index in [1.807, 2.05) is 39.0 Å². The normalized spacial score (nSPS) is 14.5. The van der Waals surface area contributed by atoms with Gasteiger partial charge >= 0.3 is 0 Å². The minimum absolute atomic E-state index is 0.0131. The molecule has 0 unspecified atom stereocenters. The standard InChI is InChI=1S/C15H20N2O2/c1-4-17-13-7-6-12(16-15(19)10(2)3)9-11(13)5-8-14(17)18/h6-7,9-10H,4-5,8H2,1-3H3,(H,16,19). The maximum Gasteiger partial charge on any atom is 0.227 e. The molecular weight excluding hydrogens is 240 g/mol. The summed E-state index contributed by atoms with van der Waals surface area (Å²) >= 11 is 0. The van der Waals surface area contributed by atoms with Gasteiger partial charge in [0.15, 0.2) is 0 Å². The minimum Gasteiger partial charge on any atom is -0.326 e. The number of nitrogens with zero attached hydrogens (tertiary/aromatic N) is 1. The Hall–Kier alpha value is -1.84. The molecule has 0 radical (unpaired) electrons. The Morgan fingerprint density at radius 3 is 2.74 bits per heavy atom. The molecule has 0 atom stereocenters. The molecule has 0 saturated carbocycles. The summed E-state index contributed by atoms with van der Waals surface area (Å²) in [5, 5.41) is 2.89. The summed E-state index contributed by atoms with van der Waals surface area (Å²) in [6.45, 7) is 6.39. The zero-order valence-corrected chi connectivity index (χ0v) is 11.7. The predicted octanol–water partition coefficient (Wildman–Crippen LogP) is 2.58. The average Bonchev–Trinajstić information content (AvgIpc) is 2.38. The topological polar surface area (TPSA) is 49.4 Å². The Kier molecular flexibility index (Phi) is 3.88. The highest BCUT2D eigenvalue weighted by Crippen LogP contribution is 2.30. The molecule has 0 aromatic heterocycles. The highest BCUT2D eigenvalue weighted by molar-refractivity contribution is 5.97. The van der Waals surface area contributed by atoms with E-state index in [0.29, 0.717) is 13.0 Å². The van der Waals surface area contributed by atoms with E-state index in [4.69, 9.17) is 0 Å². The summed E-state index contributed by atoms with van der Waals surface area (Å²) < 4.78 is 0. The fourth-order valence-electron chi connectivity index (χ4n) is 2.27. The third kappa shape index (κ3) is 2.78. The molecule has 4 nitrogen and oxygen atoms in total. The first kappa shape index (κ1) is 13.6. The maximum atomic E-state index is 11.8. The van der Waals surface area contributed by atoms with Gasteiger partial charge in [-0.15, -0.1) is 0 Å². The van der Waals surface area contributed by atoms with E-state index in [9.17, 15) is 9.59 Å². The summed E-state index contributed by atoms with van der Waals surface area (Å²) in [6.07, 6.45) is 1.29. The first-order valence-electron chi connectivity index (χ1n) is 6.77. The lowest BCUT2D eigenvalue weighted by Gasteiger charge is -2.28. The molecule has 2 amide bonds. The smallest absolute Gasteiger partial charge is 0.227 e. The van der Waals surface area contributed by atoms with Gasteiger partial charge in [-0.1, -0.05) is 13.8 Å². The molecule has 1 heterocycles. The summed E-state index contributed by atoms with van der Waals surface area (Å²) in [4.78, 5) is 25.3. The fourth-order valence-corrected chi connectivity index (χ4v) is 2.27. The molecule has 1 aliphatic heterocycles. The molecule has 1 N–H and O–H groups in total. The van der Waals surface area contributed by atoms with Crippen molar-refractivity contribution in [1.82, 2.24) is 0 Å². The average molecular weight is 260 g/mol. The number of amides is 2. The molecule has 1 aromatic rings. The zero-order chi connectivity index (χ0) is 14.0. The quantitative estimate of drug-likeness (QED) is 0.908. The van der Waals surface area contributed by atoms with E-state index >= 15 is 0 Å². The van der Waals surface area contributed by atoms with Crippen molar-refractivity contribution in [2.75, 3.05) is 16.8 Å². The lowest BCUT2D eigenvalue weighted by Crippen LogP contribution is -2.34. The lowest BCUT2D eigenvalue weighted by molar-refractivity contribution is -0.119. The number of benzene rings is 1. The highest BCUT2D eigenvalue weighted by atomic mass is 16.2. The van der Waals surface area contributed by atoms with Crippen LogP contribution in [0.2, 0.25) is 0 Å². The number of rotatable bonds is 3. The highest BCUT2D eigenvalue weighted by Gasteiger charge is 2.23. The Balaban J connectivity index is 2.25. The molecule has 1 aromatic carbocycles. The summed E-state index contributed by atoms with van der Waals surface area (Å²) in [6, 6.07) is 5.76. The van der Waals surface area contributed by atoms with E-state index in [1.54, 1.807) is 4.90 Å². The number of hydrogen-bond acceptors (Lipinski definition) is 2. The van der Waals surface area contributed by atoms with Gasteiger partial charge in [0.1, 0.15) is 0 Å². The van der Waals surface area contributed by atoms with Gasteiger partial charge in [-0.05, 0) is 37.1 Å². The van der Waals surface area contributed by atoms with Crippen molar-refractivity contribution < 1.29 is 9.59 Å². The van der Waals surface area contributed by atoms with Gasteiger partial charge < -0.3 is 10.2 Å². The number of nitrogens with one attached hydrogen (secondary N) is 1. The number of aryl methyl sites for hydroxylation is 1. The van der Waals surface area contributed by atoms with E-state index in [2.05, 4.69) is 5.32 Å². The second-order valence-electron chi connectivity index (χ2n) is 5.13. The Labute approximate surface area is 113 Å². The van der Waals surface area contributed by atoms with Crippen LogP contribution in [0.5, 0.6) is 0 Å². The number of anilines is 2. The first-order valence-corrected chi connectivity index (χ1v) is 6.77. The van der Waals surface area contributed by atoms with Crippen LogP contribution in [0.4, 0.5) is 11.4 Å². The van der Waals surface area contributed by atoms with Crippen molar-refractivity contribution >= 4 is 23.2 Å². The van der Waals surface area contributed by atoms with Crippen LogP contribution in [0, 0.1) is 5.92 Å². The monoisotopic (exact) mass is 260 g/mol. The molecule has 0 saturated heterocycles. The van der Waals surface area contributed by atoms with Crippen LogP contribution in [-0.4, -0.2) is 18.4 Å². The van der Waals surface area contributed by atoms with Crippen molar-refractivity contribution in [3.05, 3.63) is 23.8 Å². The Bertz CT molecular complexity index is 509. The molecule has 4 heteroatoms. The maximum absolute atomic E-state index is 11.8. The SMILES string of the molecule is CCN1C(=O)CCc2cc(NC(=O)C(C)C)ccc21. The zero-order valence-electron chi connectivity index (χ0n) is 11.7. The minimum atomic E-state index is -0.0373. The van der Waals surface area contributed by atoms with Crippen molar-refractivity contribution in [3.63, 3.8) is 0 Å². The van der Waals surface area contributed by atoms with Gasteiger partial charge in [-0.25, -0.2) is 0 Å². The van der Waals surface area contributed by atoms with Gasteiger partial charge in [0.05, 0.1) is 0 Å². The van der Waals surface area contributed by atoms with E-state index in [-0.39, 0.29) is 17.7 Å². The second-order valence-corrected chi connectivity index (χ2v) is 5.13. The summed E-state index contributed by atoms with van der Waals surface area (Å²) in [5.74, 6) is 0.151. The largest absolute Gasteiger partial charge is 0.326 e. The van der Waals surface area contributed by atoms with Crippen LogP contribution in [0.25, 0.3) is 0 Å². The van der Waals surface area contributed by atoms with Crippen LogP contribution < -0.4 is 10.2 Å². The van der Waals surface area contributed by atoms with Gasteiger partial charge in [0.25, 0.3) is 0 Å². The van der Waals surface area contributed by atoms with Gasteiger partial charge in [-0.3, -0.25) is 9.59 Å². The van der Waals surface area contributed by atoms with Gasteiger partial charge in [0, 0.05) is 30.3 Å². The number of carbonyl (C=O) groups excluding carboxylic acids is 2. The van der Waals surface area contributed by atoms with Crippen LogP contribution in [-0.2, 0) is 16.0 Å². The van der Waals surface area contributed by atoms with Gasteiger partial charge in [-0.2, -0.15) is 0 Å². The lowest BCUT2D eigenvalue weighted by atomic mass is 10.0. The third-order valence-electron chi connectivity index (χ3n) is 3.39. The molecule has 0 spiro atoms. The molecule has 2 rings (SSSR count). The van der Waals surface area contributed by atoms with E-state index in [0.717, 1.165) is 23.4 Å². The van der Waals surface area contributed by atoms with Crippen molar-refractivity contribution in [1.29, 1.82) is 0 Å². The molecular formula is C15H20N2O2. The van der Waals surface area contributed by atoms with Crippen LogP contribution in [0.3, 0.4) is 0 Å². The van der Waals surface area contributed by atoms with Crippen LogP contribution in [0.15, 0.2) is 18.2 Å².